The molecule has 2 N–H and O–H groups in total. The number of benzene rings is 1. The van der Waals surface area contributed by atoms with E-state index in [1.165, 1.54) is 12.1 Å². The van der Waals surface area contributed by atoms with Crippen molar-refractivity contribution in [2.75, 3.05) is 13.1 Å². The quantitative estimate of drug-likeness (QED) is 0.487. The van der Waals surface area contributed by atoms with Crippen molar-refractivity contribution in [1.29, 1.82) is 0 Å². The highest BCUT2D eigenvalue weighted by Crippen LogP contribution is 2.38. The van der Waals surface area contributed by atoms with E-state index in [1.807, 2.05) is 0 Å². The highest BCUT2D eigenvalue weighted by atomic mass is 32.2. The minimum atomic E-state index is -1.30. The number of hydrogen-bond acceptors (Lipinski definition) is 6. The maximum absolute atomic E-state index is 12.5. The molecule has 0 saturated carbocycles. The Kier molecular flexibility index (Phi) is 5.18. The lowest BCUT2D eigenvalue weighted by Gasteiger charge is -2.33. The molecule has 0 radical (unpaired) electrons. The molecule has 132 valence electrons. The predicted molar refractivity (Wildman–Crippen MR) is 96.9 cm³/mol. The highest BCUT2D eigenvalue weighted by molar-refractivity contribution is 8.43. The maximum atomic E-state index is 12.5. The number of carbonyl (C=O) groups is 3. The smallest absolute Gasteiger partial charge is 0.362 e. The van der Waals surface area contributed by atoms with Gasteiger partial charge in [0, 0.05) is 30.8 Å². The first-order chi connectivity index (χ1) is 12.1. The van der Waals surface area contributed by atoms with Crippen molar-refractivity contribution in [3.05, 3.63) is 41.4 Å². The van der Waals surface area contributed by atoms with Crippen LogP contribution in [0.1, 0.15) is 23.2 Å². The number of nitrogens with two attached hydrogens (primary N) is 1. The Morgan fingerprint density at radius 3 is 2.52 bits per heavy atom. The van der Waals surface area contributed by atoms with Gasteiger partial charge >= 0.3 is 5.30 Å². The van der Waals surface area contributed by atoms with E-state index < -0.39 is 16.8 Å². The van der Waals surface area contributed by atoms with Gasteiger partial charge in [0.05, 0.1) is 0 Å². The van der Waals surface area contributed by atoms with Crippen LogP contribution in [0.2, 0.25) is 0 Å². The molecule has 0 aliphatic carbocycles. The topological polar surface area (TPSA) is 102 Å². The molecule has 1 saturated heterocycles. The summed E-state index contributed by atoms with van der Waals surface area (Å²) in [5, 5.41) is 2.11. The first-order valence-electron chi connectivity index (χ1n) is 7.94. The van der Waals surface area contributed by atoms with Gasteiger partial charge < -0.3 is 20.2 Å². The molecular formula is C17H19N3O4S. The predicted octanol–water partition coefficient (Wildman–Crippen LogP) is 2.04. The van der Waals surface area contributed by atoms with Crippen LogP contribution in [0.25, 0.3) is 0 Å². The first kappa shape index (κ1) is 17.2. The molecule has 3 rings (SSSR count). The molecule has 1 aromatic rings. The SMILES string of the molecule is NC(=O)c1ccc(OC(=O)[SH]2C=CN=C2N2CCC(C=O)CC2)cc1. The summed E-state index contributed by atoms with van der Waals surface area (Å²) in [5.74, 6) is -0.0842. The summed E-state index contributed by atoms with van der Waals surface area (Å²) in [6, 6.07) is 6.11. The Morgan fingerprint density at radius 2 is 1.92 bits per heavy atom. The van der Waals surface area contributed by atoms with E-state index in [0.717, 1.165) is 24.3 Å². The van der Waals surface area contributed by atoms with Gasteiger partial charge in [0.15, 0.2) is 5.17 Å². The second kappa shape index (κ2) is 7.52. The monoisotopic (exact) mass is 361 g/mol. The van der Waals surface area contributed by atoms with E-state index >= 15 is 0 Å². The Balaban J connectivity index is 1.63. The number of ether oxygens (including phenoxy) is 1. The summed E-state index contributed by atoms with van der Waals surface area (Å²) in [5.41, 5.74) is 5.54. The average Bonchev–Trinajstić information content (AvgIpc) is 3.12. The van der Waals surface area contributed by atoms with Crippen LogP contribution in [0.3, 0.4) is 0 Å². The van der Waals surface area contributed by atoms with Crippen LogP contribution in [0.4, 0.5) is 4.79 Å². The molecule has 0 aromatic heterocycles. The van der Waals surface area contributed by atoms with Crippen LogP contribution in [0, 0.1) is 5.92 Å². The molecule has 2 aliphatic rings. The van der Waals surface area contributed by atoms with Crippen molar-refractivity contribution < 1.29 is 19.1 Å². The number of aliphatic imine (C=N–C) groups is 1. The van der Waals surface area contributed by atoms with Crippen molar-refractivity contribution in [2.45, 2.75) is 12.8 Å². The van der Waals surface area contributed by atoms with Gasteiger partial charge in [-0.15, -0.1) is 0 Å². The molecule has 1 aromatic carbocycles. The van der Waals surface area contributed by atoms with Gasteiger partial charge in [-0.05, 0) is 42.5 Å². The van der Waals surface area contributed by atoms with E-state index in [9.17, 15) is 14.4 Å². The first-order valence-corrected chi connectivity index (χ1v) is 9.35. The molecule has 7 nitrogen and oxygen atoms in total. The van der Waals surface area contributed by atoms with Crippen LogP contribution in [0.5, 0.6) is 5.75 Å². The molecule has 8 heteroatoms. The van der Waals surface area contributed by atoms with Crippen LogP contribution in [-0.4, -0.2) is 40.7 Å². The maximum Gasteiger partial charge on any atom is 0.362 e. The van der Waals surface area contributed by atoms with Crippen molar-refractivity contribution in [3.63, 3.8) is 0 Å². The lowest BCUT2D eigenvalue weighted by atomic mass is 9.99. The van der Waals surface area contributed by atoms with E-state index in [1.54, 1.807) is 23.7 Å². The summed E-state index contributed by atoms with van der Waals surface area (Å²) in [7, 11) is -1.30. The number of piperidine rings is 1. The van der Waals surface area contributed by atoms with E-state index in [2.05, 4.69) is 9.89 Å². The van der Waals surface area contributed by atoms with Crippen molar-refractivity contribution >= 4 is 33.6 Å². The van der Waals surface area contributed by atoms with Gasteiger partial charge in [-0.25, -0.2) is 9.79 Å². The third kappa shape index (κ3) is 3.90. The fourth-order valence-electron chi connectivity index (χ4n) is 2.74. The number of carbonyl (C=O) groups excluding carboxylic acids is 3. The van der Waals surface area contributed by atoms with Crippen LogP contribution in [-0.2, 0) is 4.79 Å². The Bertz CT molecular complexity index is 737. The normalized spacial score (nSPS) is 21.7. The number of thiol groups is 1. The number of amidine groups is 1. The third-order valence-corrected chi connectivity index (χ3v) is 5.92. The van der Waals surface area contributed by atoms with E-state index in [-0.39, 0.29) is 11.2 Å². The molecule has 1 amide bonds. The second-order valence-corrected chi connectivity index (χ2v) is 7.62. The Labute approximate surface area is 147 Å². The largest absolute Gasteiger partial charge is 0.419 e. The minimum Gasteiger partial charge on any atom is -0.419 e. The number of aldehydes is 1. The van der Waals surface area contributed by atoms with Gasteiger partial charge in [-0.2, -0.15) is 0 Å². The van der Waals surface area contributed by atoms with E-state index in [4.69, 9.17) is 10.5 Å². The zero-order valence-electron chi connectivity index (χ0n) is 13.5. The standard InChI is InChI=1S/C17H19N3O4S/c18-15(22)13-1-3-14(4-2-13)24-17(23)25-10-7-19-16(25)20-8-5-12(11-21)6-9-20/h1-4,7,10-12,25H,5-6,8-9H2,(H2,18,22). The van der Waals surface area contributed by atoms with Crippen LogP contribution < -0.4 is 10.5 Å². The molecule has 0 spiro atoms. The molecule has 2 heterocycles. The molecule has 0 bridgehead atoms. The summed E-state index contributed by atoms with van der Waals surface area (Å²) in [6.45, 7) is 1.42. The molecule has 1 atom stereocenters. The average molecular weight is 361 g/mol. The molecular weight excluding hydrogens is 342 g/mol. The van der Waals surface area contributed by atoms with Crippen LogP contribution in [0.15, 0.2) is 40.9 Å². The van der Waals surface area contributed by atoms with Crippen LogP contribution >= 0.6 is 10.9 Å². The summed E-state index contributed by atoms with van der Waals surface area (Å²) >= 11 is 0. The lowest BCUT2D eigenvalue weighted by Crippen LogP contribution is -2.39. The number of amides is 1. The molecule has 1 unspecified atom stereocenters. The van der Waals surface area contributed by atoms with Gasteiger partial charge in [0.25, 0.3) is 0 Å². The summed E-state index contributed by atoms with van der Waals surface area (Å²) in [6.07, 6.45) is 4.17. The number of hydrogen-bond donors (Lipinski definition) is 2. The van der Waals surface area contributed by atoms with Crippen molar-refractivity contribution in [2.24, 2.45) is 16.6 Å². The molecule has 2 aliphatic heterocycles. The van der Waals surface area contributed by atoms with Gasteiger partial charge in [0.2, 0.25) is 5.91 Å². The van der Waals surface area contributed by atoms with Gasteiger partial charge in [-0.3, -0.25) is 4.79 Å². The second-order valence-electron chi connectivity index (χ2n) is 5.81. The number of nitrogens with zero attached hydrogens (tertiary/aromatic N) is 2. The van der Waals surface area contributed by atoms with Crippen molar-refractivity contribution in [1.82, 2.24) is 4.90 Å². The Hall–Kier alpha value is -2.61. The zero-order valence-corrected chi connectivity index (χ0v) is 14.4. The van der Waals surface area contributed by atoms with Gasteiger partial charge in [0.1, 0.15) is 12.0 Å². The number of primary amides is 1. The molecule has 25 heavy (non-hydrogen) atoms. The van der Waals surface area contributed by atoms with Crippen molar-refractivity contribution in [3.8, 4) is 5.75 Å². The third-order valence-electron chi connectivity index (χ3n) is 4.18. The van der Waals surface area contributed by atoms with Gasteiger partial charge in [-0.1, -0.05) is 10.9 Å². The number of rotatable bonds is 3. The fraction of sp³-hybridized carbons (Fsp3) is 0.294. The Morgan fingerprint density at radius 1 is 1.24 bits per heavy atom. The fourth-order valence-corrected chi connectivity index (χ4v) is 4.26. The molecule has 1 fully saturated rings. The summed E-state index contributed by atoms with van der Waals surface area (Å²) in [4.78, 5) is 40.8. The number of likely N-dealkylation sites (tertiary alicyclic amines) is 1. The minimum absolute atomic E-state index is 0.0909. The zero-order chi connectivity index (χ0) is 17.8. The highest BCUT2D eigenvalue weighted by Gasteiger charge is 2.30. The lowest BCUT2D eigenvalue weighted by molar-refractivity contribution is -0.112. The summed E-state index contributed by atoms with van der Waals surface area (Å²) < 4.78 is 5.42. The van der Waals surface area contributed by atoms with E-state index in [0.29, 0.717) is 24.4 Å².